The van der Waals surface area contributed by atoms with Crippen LogP contribution in [0.3, 0.4) is 0 Å². The zero-order valence-electron chi connectivity index (χ0n) is 12.3. The number of esters is 1. The van der Waals surface area contributed by atoms with Gasteiger partial charge in [-0.15, -0.1) is 0 Å². The SMILES string of the molecule is COCC(C)(CC(=O)OC)NC(=O)[C@@H]1CC[C@H](CN)O1. The molecule has 1 fully saturated rings. The molecule has 1 unspecified atom stereocenters. The molecule has 1 aliphatic rings. The highest BCUT2D eigenvalue weighted by Crippen LogP contribution is 2.20. The van der Waals surface area contributed by atoms with Crippen LogP contribution in [0.15, 0.2) is 0 Å². The van der Waals surface area contributed by atoms with Gasteiger partial charge in [-0.25, -0.2) is 0 Å². The Hall–Kier alpha value is -1.18. The van der Waals surface area contributed by atoms with Gasteiger partial charge in [0, 0.05) is 13.7 Å². The third-order valence-corrected chi connectivity index (χ3v) is 3.31. The average molecular weight is 288 g/mol. The van der Waals surface area contributed by atoms with E-state index in [0.29, 0.717) is 13.0 Å². The molecule has 3 atom stereocenters. The van der Waals surface area contributed by atoms with Gasteiger partial charge in [0.05, 0.1) is 31.8 Å². The van der Waals surface area contributed by atoms with Crippen molar-refractivity contribution in [2.24, 2.45) is 5.73 Å². The molecule has 0 radical (unpaired) electrons. The van der Waals surface area contributed by atoms with Crippen molar-refractivity contribution in [3.63, 3.8) is 0 Å². The van der Waals surface area contributed by atoms with Crippen molar-refractivity contribution in [1.29, 1.82) is 0 Å². The second-order valence-electron chi connectivity index (χ2n) is 5.30. The first-order chi connectivity index (χ1) is 9.44. The van der Waals surface area contributed by atoms with Crippen LogP contribution in [0.5, 0.6) is 0 Å². The topological polar surface area (TPSA) is 99.9 Å². The lowest BCUT2D eigenvalue weighted by molar-refractivity contribution is -0.144. The Bertz CT molecular complexity index is 350. The van der Waals surface area contributed by atoms with Crippen LogP contribution in [-0.2, 0) is 23.8 Å². The molecule has 1 saturated heterocycles. The summed E-state index contributed by atoms with van der Waals surface area (Å²) >= 11 is 0. The van der Waals surface area contributed by atoms with Gasteiger partial charge in [-0.1, -0.05) is 0 Å². The second-order valence-corrected chi connectivity index (χ2v) is 5.30. The molecular formula is C13H24N2O5. The summed E-state index contributed by atoms with van der Waals surface area (Å²) in [6.07, 6.45) is 0.856. The van der Waals surface area contributed by atoms with Crippen molar-refractivity contribution < 1.29 is 23.8 Å². The molecule has 7 nitrogen and oxygen atoms in total. The number of amides is 1. The van der Waals surface area contributed by atoms with Crippen LogP contribution < -0.4 is 11.1 Å². The van der Waals surface area contributed by atoms with Crippen LogP contribution in [0.4, 0.5) is 0 Å². The molecule has 0 aromatic rings. The van der Waals surface area contributed by atoms with E-state index in [1.54, 1.807) is 6.92 Å². The summed E-state index contributed by atoms with van der Waals surface area (Å²) in [7, 11) is 2.82. The number of carbonyl (C=O) groups is 2. The third-order valence-electron chi connectivity index (χ3n) is 3.31. The lowest BCUT2D eigenvalue weighted by Gasteiger charge is -2.30. The fourth-order valence-corrected chi connectivity index (χ4v) is 2.29. The van der Waals surface area contributed by atoms with E-state index in [9.17, 15) is 9.59 Å². The zero-order valence-corrected chi connectivity index (χ0v) is 12.3. The molecule has 7 heteroatoms. The maximum atomic E-state index is 12.2. The molecule has 1 aliphatic heterocycles. The van der Waals surface area contributed by atoms with Crippen molar-refractivity contribution >= 4 is 11.9 Å². The predicted octanol–water partition coefficient (Wildman–Crippen LogP) is -0.423. The second kappa shape index (κ2) is 7.56. The van der Waals surface area contributed by atoms with E-state index in [0.717, 1.165) is 6.42 Å². The van der Waals surface area contributed by atoms with E-state index in [4.69, 9.17) is 15.2 Å². The third kappa shape index (κ3) is 4.73. The van der Waals surface area contributed by atoms with E-state index >= 15 is 0 Å². The molecule has 0 saturated carbocycles. The monoisotopic (exact) mass is 288 g/mol. The fraction of sp³-hybridized carbons (Fsp3) is 0.846. The number of nitrogens with one attached hydrogen (secondary N) is 1. The molecule has 1 amide bonds. The van der Waals surface area contributed by atoms with E-state index in [1.807, 2.05) is 0 Å². The van der Waals surface area contributed by atoms with Crippen LogP contribution in [0.1, 0.15) is 26.2 Å². The lowest BCUT2D eigenvalue weighted by atomic mass is 9.98. The lowest BCUT2D eigenvalue weighted by Crippen LogP contribution is -2.53. The fourth-order valence-electron chi connectivity index (χ4n) is 2.29. The van der Waals surface area contributed by atoms with Gasteiger partial charge in [0.2, 0.25) is 5.91 Å². The summed E-state index contributed by atoms with van der Waals surface area (Å²) in [5, 5.41) is 2.82. The van der Waals surface area contributed by atoms with Gasteiger partial charge in [-0.05, 0) is 19.8 Å². The van der Waals surface area contributed by atoms with E-state index in [2.05, 4.69) is 10.1 Å². The van der Waals surface area contributed by atoms with Gasteiger partial charge in [0.15, 0.2) is 0 Å². The molecule has 0 spiro atoms. The summed E-state index contributed by atoms with van der Waals surface area (Å²) in [5.41, 5.74) is 4.70. The van der Waals surface area contributed by atoms with Crippen molar-refractivity contribution in [3.05, 3.63) is 0 Å². The maximum Gasteiger partial charge on any atom is 0.307 e. The highest BCUT2D eigenvalue weighted by molar-refractivity contribution is 5.82. The van der Waals surface area contributed by atoms with Crippen molar-refractivity contribution in [1.82, 2.24) is 5.32 Å². The van der Waals surface area contributed by atoms with E-state index in [1.165, 1.54) is 14.2 Å². The minimum atomic E-state index is -0.816. The summed E-state index contributed by atoms with van der Waals surface area (Å²) < 4.78 is 15.2. The average Bonchev–Trinajstić information content (AvgIpc) is 2.87. The number of ether oxygens (including phenoxy) is 3. The minimum absolute atomic E-state index is 0.0378. The van der Waals surface area contributed by atoms with Crippen LogP contribution in [0.25, 0.3) is 0 Å². The first-order valence-electron chi connectivity index (χ1n) is 6.67. The van der Waals surface area contributed by atoms with Gasteiger partial charge in [0.1, 0.15) is 6.10 Å². The molecule has 0 aromatic carbocycles. The van der Waals surface area contributed by atoms with E-state index < -0.39 is 17.6 Å². The van der Waals surface area contributed by atoms with Crippen LogP contribution in [0, 0.1) is 0 Å². The Morgan fingerprint density at radius 3 is 2.60 bits per heavy atom. The van der Waals surface area contributed by atoms with Gasteiger partial charge in [-0.3, -0.25) is 9.59 Å². The number of nitrogens with two attached hydrogens (primary N) is 1. The first kappa shape index (κ1) is 16.9. The maximum absolute atomic E-state index is 12.2. The Labute approximate surface area is 119 Å². The van der Waals surface area contributed by atoms with E-state index in [-0.39, 0.29) is 25.0 Å². The standard InChI is InChI=1S/C13H24N2O5/c1-13(8-18-2,6-11(16)19-3)15-12(17)10-5-4-9(7-14)20-10/h9-10H,4-8,14H2,1-3H3,(H,15,17)/t9-,10+,13?/m1/s1. The largest absolute Gasteiger partial charge is 0.469 e. The molecule has 0 aromatic heterocycles. The molecule has 116 valence electrons. The summed E-state index contributed by atoms with van der Waals surface area (Å²) in [6.45, 7) is 2.35. The van der Waals surface area contributed by atoms with Gasteiger partial charge in [0.25, 0.3) is 0 Å². The Morgan fingerprint density at radius 2 is 2.10 bits per heavy atom. The first-order valence-corrected chi connectivity index (χ1v) is 6.67. The number of methoxy groups -OCH3 is 2. The van der Waals surface area contributed by atoms with Crippen LogP contribution in [0.2, 0.25) is 0 Å². The Morgan fingerprint density at radius 1 is 1.40 bits per heavy atom. The summed E-state index contributed by atoms with van der Waals surface area (Å²) in [6, 6.07) is 0. The van der Waals surface area contributed by atoms with Crippen LogP contribution in [-0.4, -0.2) is 57.0 Å². The zero-order chi connectivity index (χ0) is 15.2. The Balaban J connectivity index is 2.60. The number of hydrogen-bond acceptors (Lipinski definition) is 6. The summed E-state index contributed by atoms with van der Waals surface area (Å²) in [4.78, 5) is 23.6. The molecule has 1 heterocycles. The molecular weight excluding hydrogens is 264 g/mol. The number of carbonyl (C=O) groups excluding carboxylic acids is 2. The normalized spacial score (nSPS) is 25.0. The summed E-state index contributed by atoms with van der Waals surface area (Å²) in [5.74, 6) is -0.651. The molecule has 3 N–H and O–H groups in total. The van der Waals surface area contributed by atoms with Crippen molar-refractivity contribution in [2.45, 2.75) is 43.9 Å². The smallest absolute Gasteiger partial charge is 0.307 e. The van der Waals surface area contributed by atoms with Gasteiger partial charge < -0.3 is 25.3 Å². The van der Waals surface area contributed by atoms with Crippen LogP contribution >= 0.6 is 0 Å². The quantitative estimate of drug-likeness (QED) is 0.617. The Kier molecular flexibility index (Phi) is 6.38. The minimum Gasteiger partial charge on any atom is -0.469 e. The molecule has 1 rings (SSSR count). The van der Waals surface area contributed by atoms with Gasteiger partial charge >= 0.3 is 5.97 Å². The van der Waals surface area contributed by atoms with Crippen molar-refractivity contribution in [3.8, 4) is 0 Å². The molecule has 0 bridgehead atoms. The number of rotatable bonds is 7. The predicted molar refractivity (Wildman–Crippen MR) is 72.0 cm³/mol. The van der Waals surface area contributed by atoms with Crippen molar-refractivity contribution in [2.75, 3.05) is 27.4 Å². The highest BCUT2D eigenvalue weighted by atomic mass is 16.5. The number of hydrogen-bond donors (Lipinski definition) is 2. The van der Waals surface area contributed by atoms with Gasteiger partial charge in [-0.2, -0.15) is 0 Å². The molecule has 0 aliphatic carbocycles. The highest BCUT2D eigenvalue weighted by Gasteiger charge is 2.36. The molecule has 20 heavy (non-hydrogen) atoms.